The molecule has 22 nitrogen and oxygen atoms in total. The lowest BCUT2D eigenvalue weighted by Gasteiger charge is -2.46. The fourth-order valence-corrected chi connectivity index (χ4v) is 9.92. The van der Waals surface area contributed by atoms with E-state index >= 15 is 0 Å². The van der Waals surface area contributed by atoms with Gasteiger partial charge in [0.05, 0.1) is 38.9 Å². The molecule has 7 rings (SSSR count). The van der Waals surface area contributed by atoms with Crippen molar-refractivity contribution in [1.82, 2.24) is 20.0 Å². The van der Waals surface area contributed by atoms with Crippen molar-refractivity contribution in [2.45, 2.75) is 76.0 Å². The Kier molecular flexibility index (Phi) is 13.6. The summed E-state index contributed by atoms with van der Waals surface area (Å²) in [4.78, 5) is 104. The molecule has 3 fully saturated rings. The van der Waals surface area contributed by atoms with Gasteiger partial charge in [-0.3, -0.25) is 44.8 Å². The van der Waals surface area contributed by atoms with Crippen molar-refractivity contribution in [2.75, 3.05) is 19.6 Å². The fourth-order valence-electron chi connectivity index (χ4n) is 8.40. The molecule has 65 heavy (non-hydrogen) atoms. The molecule has 3 saturated heterocycles. The van der Waals surface area contributed by atoms with Crippen molar-refractivity contribution in [3.05, 3.63) is 130 Å². The standard InChI is InChI=1S/C42H43N7O15S/c1-23-35-34(24(2)50)39(52)46(35)36(40(53)62-20-25-3-9-29(10-4-25)47(56)57)37(23)65-32-17-33(45(19-32)42(55)64-22-27-7-13-31(14-8-27)49(60)61)38(51)44-16-15-28(18-44)43-41(54)63-21-26-5-11-30(12-6-26)48(58)59/h3-14,23-24,28,32-35,50H,15-22H2,1-2H3,(H,43,54)/t23-,24-,28-,32+,33+,34-,35-/m1/s1. The quantitative estimate of drug-likeness (QED) is 0.0694. The summed E-state index contributed by atoms with van der Waals surface area (Å²) in [6, 6.07) is 14.2. The molecule has 0 aromatic heterocycles. The molecular weight excluding hydrogens is 875 g/mol. The number of likely N-dealkylation sites (tertiary alicyclic amines) is 2. The van der Waals surface area contributed by atoms with Gasteiger partial charge in [-0.15, -0.1) is 11.8 Å². The van der Waals surface area contributed by atoms with Crippen LogP contribution >= 0.6 is 11.8 Å². The first-order valence-electron chi connectivity index (χ1n) is 20.4. The lowest BCUT2D eigenvalue weighted by molar-refractivity contribution is -0.385. The number of nitrogens with zero attached hydrogens (tertiary/aromatic N) is 6. The van der Waals surface area contributed by atoms with Gasteiger partial charge >= 0.3 is 18.2 Å². The van der Waals surface area contributed by atoms with Gasteiger partial charge in [0.15, 0.2) is 0 Å². The van der Waals surface area contributed by atoms with Crippen molar-refractivity contribution in [1.29, 1.82) is 0 Å². The van der Waals surface area contributed by atoms with E-state index in [2.05, 4.69) is 5.32 Å². The summed E-state index contributed by atoms with van der Waals surface area (Å²) in [5.41, 5.74) is 0.979. The first-order valence-corrected chi connectivity index (χ1v) is 21.3. The number of non-ortho nitro benzene ring substituents is 3. The normalized spacial score (nSPS) is 22.8. The zero-order valence-corrected chi connectivity index (χ0v) is 35.7. The lowest BCUT2D eigenvalue weighted by Crippen LogP contribution is -2.63. The SMILES string of the molecule is C[C@@H](O)[C@H]1C(=O)N2C(C(=O)OCc3ccc([N+](=O)[O-])cc3)=C(S[C@H]3C[C@@H](C(=O)N4CC[C@@H](NC(=O)OCc5ccc([N+](=O)[O-])cc5)C4)N(C(=O)OCc4ccc([N+](=O)[O-])cc4)C3)[C@H](C)[C@H]12. The largest absolute Gasteiger partial charge is 0.456 e. The summed E-state index contributed by atoms with van der Waals surface area (Å²) >= 11 is 1.21. The van der Waals surface area contributed by atoms with Gasteiger partial charge < -0.3 is 34.4 Å². The Bertz CT molecular complexity index is 2420. The molecule has 0 saturated carbocycles. The van der Waals surface area contributed by atoms with Crippen LogP contribution in [0.3, 0.4) is 0 Å². The van der Waals surface area contributed by atoms with E-state index < -0.39 is 86.1 Å². The summed E-state index contributed by atoms with van der Waals surface area (Å²) in [6.07, 6.45) is -2.20. The molecule has 7 atom stereocenters. The molecule has 23 heteroatoms. The van der Waals surface area contributed by atoms with E-state index in [1.165, 1.54) is 106 Å². The average Bonchev–Trinajstić information content (AvgIpc) is 3.99. The summed E-state index contributed by atoms with van der Waals surface area (Å²) in [6.45, 7) is 2.87. The van der Waals surface area contributed by atoms with Gasteiger partial charge in [-0.25, -0.2) is 14.4 Å². The van der Waals surface area contributed by atoms with Crippen molar-refractivity contribution < 1.29 is 58.1 Å². The molecular formula is C42H43N7O15S. The van der Waals surface area contributed by atoms with Gasteiger partial charge in [0, 0.05) is 72.1 Å². The first-order chi connectivity index (χ1) is 31.0. The number of nitro benzene ring substituents is 3. The second kappa shape index (κ2) is 19.3. The number of thioether (sulfide) groups is 1. The topological polar surface area (TPSA) is 284 Å². The van der Waals surface area contributed by atoms with Gasteiger partial charge in [0.25, 0.3) is 17.1 Å². The third-order valence-corrected chi connectivity index (χ3v) is 13.2. The molecule has 4 heterocycles. The molecule has 0 aliphatic carbocycles. The van der Waals surface area contributed by atoms with Crippen molar-refractivity contribution in [3.63, 3.8) is 0 Å². The smallest absolute Gasteiger partial charge is 0.410 e. The summed E-state index contributed by atoms with van der Waals surface area (Å²) in [5, 5.41) is 46.0. The Morgan fingerprint density at radius 2 is 1.31 bits per heavy atom. The monoisotopic (exact) mass is 917 g/mol. The van der Waals surface area contributed by atoms with Gasteiger partial charge in [0.1, 0.15) is 31.6 Å². The van der Waals surface area contributed by atoms with E-state index in [9.17, 15) is 59.4 Å². The van der Waals surface area contributed by atoms with Crippen LogP contribution in [0.4, 0.5) is 26.7 Å². The van der Waals surface area contributed by atoms with Crippen LogP contribution in [0.1, 0.15) is 43.4 Å². The van der Waals surface area contributed by atoms with Gasteiger partial charge in [-0.1, -0.05) is 6.92 Å². The highest BCUT2D eigenvalue weighted by Crippen LogP contribution is 2.52. The van der Waals surface area contributed by atoms with Crippen LogP contribution in [0.5, 0.6) is 0 Å². The van der Waals surface area contributed by atoms with Crippen LogP contribution in [-0.4, -0.2) is 114 Å². The number of β-lactam (4-membered cyclic amide) rings is 1. The van der Waals surface area contributed by atoms with Crippen LogP contribution in [0, 0.1) is 42.2 Å². The Morgan fingerprint density at radius 3 is 1.82 bits per heavy atom. The minimum Gasteiger partial charge on any atom is -0.456 e. The maximum Gasteiger partial charge on any atom is 0.410 e. The minimum atomic E-state index is -1.07. The molecule has 342 valence electrons. The summed E-state index contributed by atoms with van der Waals surface area (Å²) in [7, 11) is 0. The van der Waals surface area contributed by atoms with E-state index in [-0.39, 0.29) is 68.6 Å². The molecule has 4 amide bonds. The van der Waals surface area contributed by atoms with Crippen molar-refractivity contribution in [3.8, 4) is 0 Å². The first kappa shape index (κ1) is 45.9. The number of fused-ring (bicyclic) bond motifs is 1. The summed E-state index contributed by atoms with van der Waals surface area (Å²) < 4.78 is 16.6. The molecule has 0 radical (unpaired) electrons. The number of amides is 4. The molecule has 0 bridgehead atoms. The molecule has 3 aromatic carbocycles. The number of hydrogen-bond acceptors (Lipinski definition) is 16. The number of aliphatic hydroxyl groups excluding tert-OH is 1. The number of benzene rings is 3. The Morgan fingerprint density at radius 1 is 0.800 bits per heavy atom. The summed E-state index contributed by atoms with van der Waals surface area (Å²) in [5.74, 6) is -3.03. The van der Waals surface area contributed by atoms with E-state index in [0.29, 0.717) is 28.0 Å². The number of esters is 1. The Balaban J connectivity index is 1.07. The van der Waals surface area contributed by atoms with E-state index in [1.807, 2.05) is 0 Å². The fraction of sp³-hybridized carbons (Fsp3) is 0.405. The van der Waals surface area contributed by atoms with Crippen LogP contribution < -0.4 is 5.32 Å². The molecule has 4 aliphatic heterocycles. The molecule has 0 spiro atoms. The number of rotatable bonds is 15. The number of aliphatic hydroxyl groups is 1. The number of alkyl carbamates (subject to hydrolysis) is 1. The van der Waals surface area contributed by atoms with Crippen LogP contribution in [0.2, 0.25) is 0 Å². The molecule has 0 unspecified atom stereocenters. The van der Waals surface area contributed by atoms with Crippen molar-refractivity contribution in [2.24, 2.45) is 11.8 Å². The zero-order chi connectivity index (χ0) is 46.7. The zero-order valence-electron chi connectivity index (χ0n) is 34.9. The number of ether oxygens (including phenoxy) is 3. The van der Waals surface area contributed by atoms with Gasteiger partial charge in [-0.2, -0.15) is 0 Å². The van der Waals surface area contributed by atoms with E-state index in [0.717, 1.165) is 0 Å². The van der Waals surface area contributed by atoms with Crippen molar-refractivity contribution >= 4 is 58.8 Å². The van der Waals surface area contributed by atoms with Gasteiger partial charge in [0.2, 0.25) is 11.8 Å². The number of nitrogens with one attached hydrogen (secondary N) is 1. The van der Waals surface area contributed by atoms with Crippen LogP contribution in [-0.2, 0) is 48.4 Å². The maximum absolute atomic E-state index is 14.3. The van der Waals surface area contributed by atoms with E-state index in [1.54, 1.807) is 6.92 Å². The highest BCUT2D eigenvalue weighted by atomic mass is 32.2. The second-order valence-corrected chi connectivity index (χ2v) is 17.3. The molecule has 2 N–H and O–H groups in total. The number of nitro groups is 3. The molecule has 3 aromatic rings. The number of carbonyl (C=O) groups excluding carboxylic acids is 5. The number of carbonyl (C=O) groups is 5. The van der Waals surface area contributed by atoms with Crippen LogP contribution in [0.15, 0.2) is 83.4 Å². The molecule has 4 aliphatic rings. The highest BCUT2D eigenvalue weighted by Gasteiger charge is 2.61. The van der Waals surface area contributed by atoms with E-state index in [4.69, 9.17) is 14.2 Å². The van der Waals surface area contributed by atoms with Crippen LogP contribution in [0.25, 0.3) is 0 Å². The third kappa shape index (κ3) is 9.99. The Labute approximate surface area is 373 Å². The number of hydrogen-bond donors (Lipinski definition) is 2. The highest BCUT2D eigenvalue weighted by molar-refractivity contribution is 8.03. The second-order valence-electron chi connectivity index (χ2n) is 16.0. The predicted molar refractivity (Wildman–Crippen MR) is 226 cm³/mol. The van der Waals surface area contributed by atoms with Gasteiger partial charge in [-0.05, 0) is 72.9 Å². The minimum absolute atomic E-state index is 0.0349. The maximum atomic E-state index is 14.3. The predicted octanol–water partition coefficient (Wildman–Crippen LogP) is 4.56. The Hall–Kier alpha value is -7.14. The average molecular weight is 918 g/mol. The third-order valence-electron chi connectivity index (χ3n) is 11.7. The lowest BCUT2D eigenvalue weighted by atomic mass is 9.79.